The second-order valence-electron chi connectivity index (χ2n) is 4.88. The van der Waals surface area contributed by atoms with Gasteiger partial charge in [-0.2, -0.15) is 0 Å². The van der Waals surface area contributed by atoms with Crippen LogP contribution in [0, 0.1) is 0 Å². The van der Waals surface area contributed by atoms with Crippen molar-refractivity contribution in [3.8, 4) is 11.5 Å². The number of hydrogen-bond acceptors (Lipinski definition) is 5. The molecule has 0 unspecified atom stereocenters. The van der Waals surface area contributed by atoms with Gasteiger partial charge in [-0.1, -0.05) is 24.3 Å². The third-order valence-electron chi connectivity index (χ3n) is 3.10. The van der Waals surface area contributed by atoms with Crippen molar-refractivity contribution < 1.29 is 23.7 Å². The van der Waals surface area contributed by atoms with Crippen molar-refractivity contribution in [1.82, 2.24) is 0 Å². The highest BCUT2D eigenvalue weighted by Crippen LogP contribution is 2.23. The first-order valence-corrected chi connectivity index (χ1v) is 7.66. The normalized spacial score (nSPS) is 12.2. The molecular formula is C20H24O5. The molecule has 134 valence electrons. The number of carbonyl (C=O) groups is 1. The zero-order chi connectivity index (χ0) is 18.5. The van der Waals surface area contributed by atoms with Crippen LogP contribution in [0.15, 0.2) is 60.4 Å². The Hall–Kier alpha value is -2.79. The maximum absolute atomic E-state index is 12.1. The van der Waals surface area contributed by atoms with Crippen LogP contribution in [-0.4, -0.2) is 40.8 Å². The smallest absolute Gasteiger partial charge is 0.182 e. The molecule has 0 radical (unpaired) electrons. The molecule has 0 bridgehead atoms. The van der Waals surface area contributed by atoms with E-state index in [-0.39, 0.29) is 5.78 Å². The number of ether oxygens (including phenoxy) is 4. The topological polar surface area (TPSA) is 54.0 Å². The molecule has 1 aromatic rings. The van der Waals surface area contributed by atoms with E-state index in [0.29, 0.717) is 23.9 Å². The summed E-state index contributed by atoms with van der Waals surface area (Å²) in [4.78, 5) is 12.1. The van der Waals surface area contributed by atoms with Gasteiger partial charge in [-0.3, -0.25) is 4.79 Å². The SMILES string of the molecule is COC/C=C/C=C/C(=C/C(=O)/C=C/c1cc(OC)cc(OC)c1)OC. The van der Waals surface area contributed by atoms with E-state index in [1.165, 1.54) is 19.3 Å². The molecule has 5 nitrogen and oxygen atoms in total. The molecule has 0 atom stereocenters. The fraction of sp³-hybridized carbons (Fsp3) is 0.250. The lowest BCUT2D eigenvalue weighted by Gasteiger charge is -2.05. The van der Waals surface area contributed by atoms with Gasteiger partial charge in [0.1, 0.15) is 17.3 Å². The summed E-state index contributed by atoms with van der Waals surface area (Å²) < 4.78 is 20.5. The number of hydrogen-bond donors (Lipinski definition) is 0. The van der Waals surface area contributed by atoms with E-state index >= 15 is 0 Å². The summed E-state index contributed by atoms with van der Waals surface area (Å²) in [7, 11) is 6.29. The van der Waals surface area contributed by atoms with E-state index < -0.39 is 0 Å². The molecule has 0 aliphatic heterocycles. The number of ketones is 1. The Bertz CT molecular complexity index is 646. The predicted octanol–water partition coefficient (Wildman–Crippen LogP) is 3.58. The molecule has 5 heteroatoms. The van der Waals surface area contributed by atoms with Crippen LogP contribution in [-0.2, 0) is 14.3 Å². The molecule has 0 aliphatic rings. The molecule has 1 rings (SSSR count). The van der Waals surface area contributed by atoms with Gasteiger partial charge >= 0.3 is 0 Å². The maximum atomic E-state index is 12.1. The van der Waals surface area contributed by atoms with E-state index in [2.05, 4.69) is 0 Å². The van der Waals surface area contributed by atoms with Gasteiger partial charge in [0.15, 0.2) is 5.78 Å². The molecule has 0 spiro atoms. The summed E-state index contributed by atoms with van der Waals surface area (Å²) >= 11 is 0. The van der Waals surface area contributed by atoms with Crippen LogP contribution in [0.5, 0.6) is 11.5 Å². The summed E-state index contributed by atoms with van der Waals surface area (Å²) in [5.74, 6) is 1.58. The number of rotatable bonds is 10. The van der Waals surface area contributed by atoms with Crippen molar-refractivity contribution in [2.24, 2.45) is 0 Å². The molecule has 0 heterocycles. The Morgan fingerprint density at radius 1 is 0.960 bits per heavy atom. The van der Waals surface area contributed by atoms with Crippen LogP contribution in [0.4, 0.5) is 0 Å². The van der Waals surface area contributed by atoms with Gasteiger partial charge in [0.2, 0.25) is 0 Å². The molecule has 0 saturated heterocycles. The van der Waals surface area contributed by atoms with E-state index in [9.17, 15) is 4.79 Å². The van der Waals surface area contributed by atoms with Crippen molar-refractivity contribution in [2.45, 2.75) is 0 Å². The van der Waals surface area contributed by atoms with Crippen LogP contribution in [0.3, 0.4) is 0 Å². The summed E-state index contributed by atoms with van der Waals surface area (Å²) in [6.07, 6.45) is 11.7. The molecule has 0 aliphatic carbocycles. The zero-order valence-corrected chi connectivity index (χ0v) is 15.0. The van der Waals surface area contributed by atoms with Crippen molar-refractivity contribution >= 4 is 11.9 Å². The zero-order valence-electron chi connectivity index (χ0n) is 15.0. The van der Waals surface area contributed by atoms with Gasteiger partial charge in [-0.25, -0.2) is 0 Å². The Balaban J connectivity index is 2.80. The highest BCUT2D eigenvalue weighted by Gasteiger charge is 2.00. The minimum Gasteiger partial charge on any atom is -0.497 e. The molecule has 25 heavy (non-hydrogen) atoms. The maximum Gasteiger partial charge on any atom is 0.182 e. The summed E-state index contributed by atoms with van der Waals surface area (Å²) in [6, 6.07) is 5.39. The predicted molar refractivity (Wildman–Crippen MR) is 98.8 cm³/mol. The molecule has 0 saturated carbocycles. The van der Waals surface area contributed by atoms with Gasteiger partial charge in [0.25, 0.3) is 0 Å². The van der Waals surface area contributed by atoms with Crippen LogP contribution in [0.25, 0.3) is 6.08 Å². The lowest BCUT2D eigenvalue weighted by Crippen LogP contribution is -1.92. The third kappa shape index (κ3) is 8.04. The first-order chi connectivity index (χ1) is 12.1. The Morgan fingerprint density at radius 2 is 1.64 bits per heavy atom. The van der Waals surface area contributed by atoms with E-state index in [1.54, 1.807) is 45.6 Å². The van der Waals surface area contributed by atoms with Crippen molar-refractivity contribution in [1.29, 1.82) is 0 Å². The fourth-order valence-corrected chi connectivity index (χ4v) is 1.85. The number of methoxy groups -OCH3 is 4. The molecule has 0 fully saturated rings. The Morgan fingerprint density at radius 3 is 2.20 bits per heavy atom. The number of benzene rings is 1. The average molecular weight is 344 g/mol. The monoisotopic (exact) mass is 344 g/mol. The fourth-order valence-electron chi connectivity index (χ4n) is 1.85. The summed E-state index contributed by atoms with van der Waals surface area (Å²) in [5.41, 5.74) is 0.801. The third-order valence-corrected chi connectivity index (χ3v) is 3.10. The van der Waals surface area contributed by atoms with Crippen molar-refractivity contribution in [3.63, 3.8) is 0 Å². The van der Waals surface area contributed by atoms with Gasteiger partial charge < -0.3 is 18.9 Å². The first kappa shape index (κ1) is 20.3. The van der Waals surface area contributed by atoms with E-state index in [0.717, 1.165) is 5.56 Å². The van der Waals surface area contributed by atoms with Crippen LogP contribution >= 0.6 is 0 Å². The quantitative estimate of drug-likeness (QED) is 0.369. The highest BCUT2D eigenvalue weighted by molar-refractivity contribution is 6.02. The summed E-state index contributed by atoms with van der Waals surface area (Å²) in [6.45, 7) is 0.530. The minimum absolute atomic E-state index is 0.191. The van der Waals surface area contributed by atoms with E-state index in [4.69, 9.17) is 18.9 Å². The standard InChI is InChI=1S/C20H24O5/c1-22-11-7-5-6-8-18(23-2)14-17(21)10-9-16-12-19(24-3)15-20(13-16)25-4/h5-10,12-15H,11H2,1-4H3/b7-5+,8-6+,10-9+,18-14-. The first-order valence-electron chi connectivity index (χ1n) is 7.66. The van der Waals surface area contributed by atoms with Gasteiger partial charge in [0.05, 0.1) is 27.9 Å². The summed E-state index contributed by atoms with van der Waals surface area (Å²) in [5, 5.41) is 0. The van der Waals surface area contributed by atoms with Gasteiger partial charge in [-0.15, -0.1) is 0 Å². The largest absolute Gasteiger partial charge is 0.497 e. The highest BCUT2D eigenvalue weighted by atomic mass is 16.5. The lowest BCUT2D eigenvalue weighted by molar-refractivity contribution is -0.110. The Kier molecular flexibility index (Phi) is 9.48. The van der Waals surface area contributed by atoms with Crippen LogP contribution < -0.4 is 9.47 Å². The molecule has 0 aromatic heterocycles. The van der Waals surface area contributed by atoms with Crippen LogP contribution in [0.2, 0.25) is 0 Å². The number of carbonyl (C=O) groups excluding carboxylic acids is 1. The molecular weight excluding hydrogens is 320 g/mol. The average Bonchev–Trinajstić information content (AvgIpc) is 2.64. The van der Waals surface area contributed by atoms with Gasteiger partial charge in [-0.05, 0) is 29.8 Å². The Labute approximate surface area is 148 Å². The van der Waals surface area contributed by atoms with E-state index in [1.807, 2.05) is 24.3 Å². The minimum atomic E-state index is -0.191. The van der Waals surface area contributed by atoms with Gasteiger partial charge in [0, 0.05) is 19.3 Å². The second-order valence-corrected chi connectivity index (χ2v) is 4.88. The second kappa shape index (κ2) is 11.7. The molecule has 0 amide bonds. The molecule has 0 N–H and O–H groups in total. The van der Waals surface area contributed by atoms with Crippen LogP contribution in [0.1, 0.15) is 5.56 Å². The van der Waals surface area contributed by atoms with Crippen molar-refractivity contribution in [3.05, 3.63) is 66.0 Å². The number of allylic oxidation sites excluding steroid dienone is 5. The molecule has 1 aromatic carbocycles. The lowest BCUT2D eigenvalue weighted by atomic mass is 10.1. The van der Waals surface area contributed by atoms with Crippen molar-refractivity contribution in [2.75, 3.05) is 35.0 Å².